The molecule has 1 N–H and O–H groups in total. The van der Waals surface area contributed by atoms with Gasteiger partial charge in [0.1, 0.15) is 11.3 Å². The van der Waals surface area contributed by atoms with Gasteiger partial charge in [0, 0.05) is 12.1 Å². The highest BCUT2D eigenvalue weighted by molar-refractivity contribution is 5.94. The summed E-state index contributed by atoms with van der Waals surface area (Å²) >= 11 is 0. The van der Waals surface area contributed by atoms with E-state index in [1.807, 2.05) is 19.1 Å². The molecule has 18 heavy (non-hydrogen) atoms. The Morgan fingerprint density at radius 1 is 1.39 bits per heavy atom. The number of ether oxygens (including phenoxy) is 1. The largest absolute Gasteiger partial charge is 0.497 e. The normalized spacial score (nSPS) is 10.3. The molecule has 0 radical (unpaired) electrons. The first kappa shape index (κ1) is 12.2. The van der Waals surface area contributed by atoms with E-state index in [1.165, 1.54) is 6.20 Å². The topological polar surface area (TPSA) is 64.4 Å². The number of benzene rings is 1. The van der Waals surface area contributed by atoms with Crippen LogP contribution < -0.4 is 4.74 Å². The zero-order chi connectivity index (χ0) is 13.1. The van der Waals surface area contributed by atoms with E-state index in [0.29, 0.717) is 12.2 Å². The third kappa shape index (κ3) is 2.07. The van der Waals surface area contributed by atoms with Gasteiger partial charge in [-0.2, -0.15) is 5.10 Å². The summed E-state index contributed by atoms with van der Waals surface area (Å²) < 4.78 is 6.75. The van der Waals surface area contributed by atoms with Crippen LogP contribution in [0, 0.1) is 0 Å². The predicted molar refractivity (Wildman–Crippen MR) is 66.8 cm³/mol. The Morgan fingerprint density at radius 3 is 2.56 bits per heavy atom. The molecule has 0 aliphatic carbocycles. The third-order valence-electron chi connectivity index (χ3n) is 2.73. The number of hydrogen-bond donors (Lipinski definition) is 1. The molecule has 94 valence electrons. The quantitative estimate of drug-likeness (QED) is 0.898. The molecule has 5 heteroatoms. The molecule has 2 rings (SSSR count). The summed E-state index contributed by atoms with van der Waals surface area (Å²) in [6.45, 7) is 2.54. The Balaban J connectivity index is 2.53. The first-order valence-electron chi connectivity index (χ1n) is 5.61. The van der Waals surface area contributed by atoms with E-state index >= 15 is 0 Å². The van der Waals surface area contributed by atoms with Gasteiger partial charge in [-0.3, -0.25) is 4.68 Å². The lowest BCUT2D eigenvalue weighted by atomic mass is 10.1. The van der Waals surface area contributed by atoms with Gasteiger partial charge in [-0.05, 0) is 31.2 Å². The minimum Gasteiger partial charge on any atom is -0.497 e. The zero-order valence-electron chi connectivity index (χ0n) is 10.3. The predicted octanol–water partition coefficient (Wildman–Crippen LogP) is 2.28. The summed E-state index contributed by atoms with van der Waals surface area (Å²) in [5.74, 6) is -0.237. The number of nitrogens with zero attached hydrogens (tertiary/aromatic N) is 2. The van der Waals surface area contributed by atoms with Crippen molar-refractivity contribution in [2.45, 2.75) is 13.5 Å². The van der Waals surface area contributed by atoms with Crippen LogP contribution in [-0.2, 0) is 6.54 Å². The highest BCUT2D eigenvalue weighted by Crippen LogP contribution is 2.25. The lowest BCUT2D eigenvalue weighted by Crippen LogP contribution is -2.03. The molecule has 1 aromatic heterocycles. The number of aryl methyl sites for hydroxylation is 1. The van der Waals surface area contributed by atoms with Crippen LogP contribution in [0.15, 0.2) is 30.5 Å². The second kappa shape index (κ2) is 4.91. The van der Waals surface area contributed by atoms with Gasteiger partial charge in [-0.25, -0.2) is 4.79 Å². The minimum absolute atomic E-state index is 0.210. The van der Waals surface area contributed by atoms with Crippen molar-refractivity contribution in [1.29, 1.82) is 0 Å². The molecule has 0 fully saturated rings. The molecule has 2 aromatic rings. The summed E-state index contributed by atoms with van der Waals surface area (Å²) in [7, 11) is 1.59. The first-order chi connectivity index (χ1) is 8.67. The SMILES string of the molecule is CCn1ncc(C(=O)O)c1-c1ccc(OC)cc1. The maximum absolute atomic E-state index is 11.2. The van der Waals surface area contributed by atoms with Crippen LogP contribution in [0.25, 0.3) is 11.3 Å². The van der Waals surface area contributed by atoms with Crippen molar-refractivity contribution >= 4 is 5.97 Å². The highest BCUT2D eigenvalue weighted by atomic mass is 16.5. The average Bonchev–Trinajstić information content (AvgIpc) is 2.82. The van der Waals surface area contributed by atoms with E-state index in [2.05, 4.69) is 5.10 Å². The lowest BCUT2D eigenvalue weighted by Gasteiger charge is -2.07. The van der Waals surface area contributed by atoms with E-state index in [9.17, 15) is 4.79 Å². The van der Waals surface area contributed by atoms with Gasteiger partial charge < -0.3 is 9.84 Å². The van der Waals surface area contributed by atoms with E-state index in [1.54, 1.807) is 23.9 Å². The summed E-state index contributed by atoms with van der Waals surface area (Å²) in [5, 5.41) is 13.2. The number of carboxylic acid groups (broad SMARTS) is 1. The van der Waals surface area contributed by atoms with Crippen molar-refractivity contribution in [3.63, 3.8) is 0 Å². The van der Waals surface area contributed by atoms with Gasteiger partial charge in [-0.1, -0.05) is 0 Å². The smallest absolute Gasteiger partial charge is 0.339 e. The molecule has 0 spiro atoms. The number of carbonyl (C=O) groups is 1. The van der Waals surface area contributed by atoms with Crippen molar-refractivity contribution in [2.24, 2.45) is 0 Å². The lowest BCUT2D eigenvalue weighted by molar-refractivity contribution is 0.0697. The summed E-state index contributed by atoms with van der Waals surface area (Å²) in [6, 6.07) is 7.25. The molecule has 5 nitrogen and oxygen atoms in total. The second-order valence-electron chi connectivity index (χ2n) is 3.76. The molecule has 0 amide bonds. The van der Waals surface area contributed by atoms with Crippen LogP contribution in [0.2, 0.25) is 0 Å². The number of carboxylic acids is 1. The number of hydrogen-bond acceptors (Lipinski definition) is 3. The van der Waals surface area contributed by atoms with Crippen LogP contribution in [-0.4, -0.2) is 28.0 Å². The first-order valence-corrected chi connectivity index (χ1v) is 5.61. The minimum atomic E-state index is -0.972. The van der Waals surface area contributed by atoms with Crippen LogP contribution in [0.1, 0.15) is 17.3 Å². The maximum atomic E-state index is 11.2. The van der Waals surface area contributed by atoms with Crippen LogP contribution in [0.3, 0.4) is 0 Å². The third-order valence-corrected chi connectivity index (χ3v) is 2.73. The molecule has 0 saturated heterocycles. The van der Waals surface area contributed by atoms with E-state index in [0.717, 1.165) is 11.3 Å². The Kier molecular flexibility index (Phi) is 3.32. The Bertz CT molecular complexity index is 558. The zero-order valence-corrected chi connectivity index (χ0v) is 10.3. The Hall–Kier alpha value is -2.30. The second-order valence-corrected chi connectivity index (χ2v) is 3.76. The molecular weight excluding hydrogens is 232 g/mol. The van der Waals surface area contributed by atoms with Crippen molar-refractivity contribution in [3.05, 3.63) is 36.0 Å². The van der Waals surface area contributed by atoms with Crippen molar-refractivity contribution in [1.82, 2.24) is 9.78 Å². The van der Waals surface area contributed by atoms with E-state index in [4.69, 9.17) is 9.84 Å². The number of aromatic nitrogens is 2. The molecule has 0 saturated carbocycles. The maximum Gasteiger partial charge on any atom is 0.339 e. The molecule has 1 heterocycles. The summed E-state index contributed by atoms with van der Waals surface area (Å²) in [5.41, 5.74) is 1.64. The molecule has 0 unspecified atom stereocenters. The number of methoxy groups -OCH3 is 1. The van der Waals surface area contributed by atoms with Gasteiger partial charge in [0.2, 0.25) is 0 Å². The molecule has 0 atom stereocenters. The van der Waals surface area contributed by atoms with Crippen molar-refractivity contribution in [3.8, 4) is 17.0 Å². The van der Waals surface area contributed by atoms with Crippen LogP contribution in [0.5, 0.6) is 5.75 Å². The number of rotatable bonds is 4. The van der Waals surface area contributed by atoms with Gasteiger partial charge in [0.15, 0.2) is 0 Å². The molecule has 1 aromatic carbocycles. The Morgan fingerprint density at radius 2 is 2.06 bits per heavy atom. The fourth-order valence-corrected chi connectivity index (χ4v) is 1.84. The highest BCUT2D eigenvalue weighted by Gasteiger charge is 2.17. The standard InChI is InChI=1S/C13H14N2O3/c1-3-15-12(11(8-14-15)13(16)17)9-4-6-10(18-2)7-5-9/h4-8H,3H2,1-2H3,(H,16,17). The van der Waals surface area contributed by atoms with Crippen molar-refractivity contribution in [2.75, 3.05) is 7.11 Å². The van der Waals surface area contributed by atoms with Crippen LogP contribution >= 0.6 is 0 Å². The molecular formula is C13H14N2O3. The van der Waals surface area contributed by atoms with Gasteiger partial charge in [0.25, 0.3) is 0 Å². The summed E-state index contributed by atoms with van der Waals surface area (Å²) in [6.07, 6.45) is 1.38. The Labute approximate surface area is 105 Å². The van der Waals surface area contributed by atoms with E-state index < -0.39 is 5.97 Å². The average molecular weight is 246 g/mol. The number of aromatic carboxylic acids is 1. The fourth-order valence-electron chi connectivity index (χ4n) is 1.84. The summed E-state index contributed by atoms with van der Waals surface area (Å²) in [4.78, 5) is 11.2. The fraction of sp³-hybridized carbons (Fsp3) is 0.231. The van der Waals surface area contributed by atoms with Gasteiger partial charge in [0.05, 0.1) is 19.0 Å². The molecule has 0 bridgehead atoms. The van der Waals surface area contributed by atoms with Crippen LogP contribution in [0.4, 0.5) is 0 Å². The van der Waals surface area contributed by atoms with E-state index in [-0.39, 0.29) is 5.56 Å². The molecule has 0 aliphatic heterocycles. The monoisotopic (exact) mass is 246 g/mol. The van der Waals surface area contributed by atoms with Crippen molar-refractivity contribution < 1.29 is 14.6 Å². The van der Waals surface area contributed by atoms with Gasteiger partial charge >= 0.3 is 5.97 Å². The molecule has 0 aliphatic rings. The van der Waals surface area contributed by atoms with Gasteiger partial charge in [-0.15, -0.1) is 0 Å².